The summed E-state index contributed by atoms with van der Waals surface area (Å²) >= 11 is 0. The Morgan fingerprint density at radius 3 is 2.62 bits per heavy atom. The summed E-state index contributed by atoms with van der Waals surface area (Å²) in [6, 6.07) is 8.42. The zero-order valence-corrected chi connectivity index (χ0v) is 14.6. The molecule has 24 heavy (non-hydrogen) atoms. The number of nitrogens with one attached hydrogen (secondary N) is 2. The Balaban J connectivity index is 1.41. The summed E-state index contributed by atoms with van der Waals surface area (Å²) in [5.74, 6) is 0.823. The van der Waals surface area contributed by atoms with E-state index in [1.165, 1.54) is 19.3 Å². The van der Waals surface area contributed by atoms with E-state index < -0.39 is 0 Å². The van der Waals surface area contributed by atoms with E-state index in [0.717, 1.165) is 50.0 Å². The molecule has 1 heterocycles. The molecule has 1 amide bonds. The number of benzene rings is 1. The Labute approximate surface area is 144 Å². The van der Waals surface area contributed by atoms with Gasteiger partial charge >= 0.3 is 0 Å². The molecule has 0 unspecified atom stereocenters. The molecule has 0 radical (unpaired) electrons. The smallest absolute Gasteiger partial charge is 0.251 e. The molecule has 1 aromatic carbocycles. The molecule has 1 aliphatic carbocycles. The fourth-order valence-electron chi connectivity index (χ4n) is 3.55. The second-order valence-electron chi connectivity index (χ2n) is 7.05. The van der Waals surface area contributed by atoms with Gasteiger partial charge in [0.25, 0.3) is 5.91 Å². The van der Waals surface area contributed by atoms with Crippen molar-refractivity contribution in [2.24, 2.45) is 5.92 Å². The highest BCUT2D eigenvalue weighted by Crippen LogP contribution is 2.27. The Morgan fingerprint density at radius 2 is 1.96 bits per heavy atom. The Hall–Kier alpha value is -1.59. The lowest BCUT2D eigenvalue weighted by molar-refractivity contribution is 0.0383. The molecule has 2 atom stereocenters. The van der Waals surface area contributed by atoms with Crippen molar-refractivity contribution >= 4 is 11.6 Å². The molecule has 5 heteroatoms. The molecular weight excluding hydrogens is 302 g/mol. The number of ether oxygens (including phenoxy) is 1. The molecule has 132 valence electrons. The van der Waals surface area contributed by atoms with E-state index in [1.807, 2.05) is 24.3 Å². The number of hydrogen-bond donors (Lipinski definition) is 2. The van der Waals surface area contributed by atoms with Crippen LogP contribution in [0.15, 0.2) is 24.3 Å². The van der Waals surface area contributed by atoms with E-state index in [4.69, 9.17) is 4.74 Å². The standard InChI is InChI=1S/C19H29N3O2/c1-15-2-5-18(14-15)21-17-6-3-16(4-7-17)19(23)20-8-9-22-10-12-24-13-11-22/h3-4,6-7,15,18,21H,2,5,8-14H2,1H3,(H,20,23)/t15-,18+/m0/s1. The lowest BCUT2D eigenvalue weighted by Crippen LogP contribution is -2.41. The van der Waals surface area contributed by atoms with Gasteiger partial charge < -0.3 is 15.4 Å². The largest absolute Gasteiger partial charge is 0.382 e. The molecule has 1 aromatic rings. The van der Waals surface area contributed by atoms with Crippen LogP contribution in [0.5, 0.6) is 0 Å². The van der Waals surface area contributed by atoms with Crippen LogP contribution in [0.2, 0.25) is 0 Å². The van der Waals surface area contributed by atoms with E-state index in [0.29, 0.717) is 12.6 Å². The molecule has 5 nitrogen and oxygen atoms in total. The minimum Gasteiger partial charge on any atom is -0.382 e. The summed E-state index contributed by atoms with van der Waals surface area (Å²) in [6.07, 6.45) is 3.79. The predicted molar refractivity (Wildman–Crippen MR) is 96.5 cm³/mol. The van der Waals surface area contributed by atoms with Gasteiger partial charge in [-0.1, -0.05) is 6.92 Å². The third-order valence-electron chi connectivity index (χ3n) is 5.03. The minimum atomic E-state index is 0.00398. The van der Waals surface area contributed by atoms with Crippen molar-refractivity contribution in [1.82, 2.24) is 10.2 Å². The molecule has 3 rings (SSSR count). The van der Waals surface area contributed by atoms with E-state index in [-0.39, 0.29) is 5.91 Å². The summed E-state index contributed by atoms with van der Waals surface area (Å²) in [5.41, 5.74) is 1.83. The normalized spacial score (nSPS) is 24.7. The second kappa shape index (κ2) is 8.49. The van der Waals surface area contributed by atoms with E-state index in [2.05, 4.69) is 22.5 Å². The van der Waals surface area contributed by atoms with Gasteiger partial charge in [-0.3, -0.25) is 9.69 Å². The van der Waals surface area contributed by atoms with Gasteiger partial charge in [0.05, 0.1) is 13.2 Å². The van der Waals surface area contributed by atoms with Gasteiger partial charge in [-0.2, -0.15) is 0 Å². The van der Waals surface area contributed by atoms with Gasteiger partial charge in [0.15, 0.2) is 0 Å². The van der Waals surface area contributed by atoms with Crippen molar-refractivity contribution in [3.63, 3.8) is 0 Å². The van der Waals surface area contributed by atoms with Crippen LogP contribution in [-0.2, 0) is 4.74 Å². The SMILES string of the molecule is C[C@H]1CC[C@@H](Nc2ccc(C(=O)NCCN3CCOCC3)cc2)C1. The van der Waals surface area contributed by atoms with Crippen LogP contribution in [0.25, 0.3) is 0 Å². The van der Waals surface area contributed by atoms with E-state index >= 15 is 0 Å². The molecule has 0 aromatic heterocycles. The fourth-order valence-corrected chi connectivity index (χ4v) is 3.55. The van der Waals surface area contributed by atoms with Crippen LogP contribution in [0.3, 0.4) is 0 Å². The van der Waals surface area contributed by atoms with Gasteiger partial charge in [0.2, 0.25) is 0 Å². The number of morpholine rings is 1. The van der Waals surface area contributed by atoms with Crippen molar-refractivity contribution in [3.05, 3.63) is 29.8 Å². The lowest BCUT2D eigenvalue weighted by atomic mass is 10.1. The van der Waals surface area contributed by atoms with Crippen molar-refractivity contribution in [1.29, 1.82) is 0 Å². The monoisotopic (exact) mass is 331 g/mol. The van der Waals surface area contributed by atoms with Gasteiger partial charge in [0, 0.05) is 43.5 Å². The summed E-state index contributed by atoms with van der Waals surface area (Å²) in [4.78, 5) is 14.5. The first kappa shape index (κ1) is 17.2. The fraction of sp³-hybridized carbons (Fsp3) is 0.632. The van der Waals surface area contributed by atoms with Gasteiger partial charge in [-0.15, -0.1) is 0 Å². The maximum atomic E-state index is 12.2. The number of nitrogens with zero attached hydrogens (tertiary/aromatic N) is 1. The first-order chi connectivity index (χ1) is 11.7. The van der Waals surface area contributed by atoms with Crippen LogP contribution in [0.4, 0.5) is 5.69 Å². The number of carbonyl (C=O) groups excluding carboxylic acids is 1. The van der Waals surface area contributed by atoms with Crippen molar-refractivity contribution in [3.8, 4) is 0 Å². The highest BCUT2D eigenvalue weighted by Gasteiger charge is 2.20. The highest BCUT2D eigenvalue weighted by molar-refractivity contribution is 5.94. The summed E-state index contributed by atoms with van der Waals surface area (Å²) in [7, 11) is 0. The second-order valence-corrected chi connectivity index (χ2v) is 7.05. The summed E-state index contributed by atoms with van der Waals surface area (Å²) in [6.45, 7) is 7.37. The minimum absolute atomic E-state index is 0.00398. The van der Waals surface area contributed by atoms with Crippen LogP contribution in [0, 0.1) is 5.92 Å². The van der Waals surface area contributed by atoms with Crippen molar-refractivity contribution in [2.75, 3.05) is 44.7 Å². The zero-order chi connectivity index (χ0) is 16.8. The molecule has 1 aliphatic heterocycles. The third kappa shape index (κ3) is 4.95. The van der Waals surface area contributed by atoms with Gasteiger partial charge in [-0.25, -0.2) is 0 Å². The van der Waals surface area contributed by atoms with Crippen molar-refractivity contribution < 1.29 is 9.53 Å². The highest BCUT2D eigenvalue weighted by atomic mass is 16.5. The van der Waals surface area contributed by atoms with Crippen LogP contribution in [0.1, 0.15) is 36.5 Å². The Morgan fingerprint density at radius 1 is 1.21 bits per heavy atom. The number of anilines is 1. The molecule has 2 fully saturated rings. The van der Waals surface area contributed by atoms with Crippen molar-refractivity contribution in [2.45, 2.75) is 32.2 Å². The molecule has 1 saturated heterocycles. The average molecular weight is 331 g/mol. The molecule has 2 N–H and O–H groups in total. The van der Waals surface area contributed by atoms with Gasteiger partial charge in [0.1, 0.15) is 0 Å². The summed E-state index contributed by atoms with van der Waals surface area (Å²) in [5, 5.41) is 6.58. The molecule has 0 bridgehead atoms. The molecular formula is C19H29N3O2. The van der Waals surface area contributed by atoms with Crippen LogP contribution >= 0.6 is 0 Å². The number of hydrogen-bond acceptors (Lipinski definition) is 4. The Bertz CT molecular complexity index is 526. The predicted octanol–water partition coefficient (Wildman–Crippen LogP) is 2.35. The Kier molecular flexibility index (Phi) is 6.10. The number of amides is 1. The summed E-state index contributed by atoms with van der Waals surface area (Å²) < 4.78 is 5.33. The van der Waals surface area contributed by atoms with Crippen LogP contribution < -0.4 is 10.6 Å². The molecule has 1 saturated carbocycles. The van der Waals surface area contributed by atoms with E-state index in [9.17, 15) is 4.79 Å². The lowest BCUT2D eigenvalue weighted by Gasteiger charge is -2.26. The first-order valence-corrected chi connectivity index (χ1v) is 9.15. The quantitative estimate of drug-likeness (QED) is 0.840. The zero-order valence-electron chi connectivity index (χ0n) is 14.6. The first-order valence-electron chi connectivity index (χ1n) is 9.15. The molecule has 2 aliphatic rings. The number of rotatable bonds is 6. The van der Waals surface area contributed by atoms with Gasteiger partial charge in [-0.05, 0) is 49.4 Å². The third-order valence-corrected chi connectivity index (χ3v) is 5.03. The maximum Gasteiger partial charge on any atom is 0.251 e. The van der Waals surface area contributed by atoms with E-state index in [1.54, 1.807) is 0 Å². The maximum absolute atomic E-state index is 12.2. The topological polar surface area (TPSA) is 53.6 Å². The number of carbonyl (C=O) groups is 1. The average Bonchev–Trinajstić information content (AvgIpc) is 3.01. The molecule has 0 spiro atoms. The van der Waals surface area contributed by atoms with Crippen LogP contribution in [-0.4, -0.2) is 56.2 Å².